The molecule has 1 saturated heterocycles. The number of unbranched alkanes of at least 4 members (excludes halogenated alkanes) is 1. The molecule has 13 nitrogen and oxygen atoms in total. The second kappa shape index (κ2) is 13.9. The largest absolute Gasteiger partial charge is 0.480 e. The van der Waals surface area contributed by atoms with Crippen LogP contribution in [0.1, 0.15) is 33.1 Å². The molecule has 1 aliphatic rings. The Labute approximate surface area is 201 Å². The van der Waals surface area contributed by atoms with Gasteiger partial charge >= 0.3 is 5.97 Å². The number of amides is 2. The number of carboxylic acids is 1. The molecule has 0 aromatic heterocycles. The molecule has 1 rings (SSSR count). The lowest BCUT2D eigenvalue weighted by Crippen LogP contribution is -2.64. The molecule has 15 heteroatoms. The predicted molar refractivity (Wildman–Crippen MR) is 116 cm³/mol. The van der Waals surface area contributed by atoms with E-state index < -0.39 is 85.5 Å². The van der Waals surface area contributed by atoms with Crippen LogP contribution in [-0.2, 0) is 19.1 Å². The molecule has 1 heterocycles. The third kappa shape index (κ3) is 9.18. The maximum atomic E-state index is 14.5. The van der Waals surface area contributed by atoms with Gasteiger partial charge in [0.25, 0.3) is 5.92 Å². The van der Waals surface area contributed by atoms with E-state index in [4.69, 9.17) is 20.7 Å². The number of carbonyl (C=O) groups excluding carboxylic acids is 2. The second-order valence-corrected chi connectivity index (χ2v) is 8.59. The van der Waals surface area contributed by atoms with Gasteiger partial charge in [0.15, 0.2) is 6.10 Å². The van der Waals surface area contributed by atoms with Gasteiger partial charge in [0, 0.05) is 0 Å². The van der Waals surface area contributed by atoms with Crippen LogP contribution in [0.4, 0.5) is 8.78 Å². The van der Waals surface area contributed by atoms with E-state index in [2.05, 4.69) is 16.0 Å². The van der Waals surface area contributed by atoms with Crippen molar-refractivity contribution in [1.29, 1.82) is 0 Å². The van der Waals surface area contributed by atoms with Gasteiger partial charge in [-0.25, -0.2) is 8.78 Å². The van der Waals surface area contributed by atoms with Gasteiger partial charge in [-0.3, -0.25) is 14.4 Å². The minimum atomic E-state index is -3.63. The highest BCUT2D eigenvalue weighted by Crippen LogP contribution is 2.31. The fourth-order valence-corrected chi connectivity index (χ4v) is 3.34. The highest BCUT2D eigenvalue weighted by molar-refractivity contribution is 5.91. The highest BCUT2D eigenvalue weighted by atomic mass is 19.3. The Bertz CT molecular complexity index is 716. The van der Waals surface area contributed by atoms with E-state index in [1.807, 2.05) is 0 Å². The van der Waals surface area contributed by atoms with Gasteiger partial charge in [-0.05, 0) is 33.2 Å². The average Bonchev–Trinajstić information content (AvgIpc) is 2.79. The number of halogens is 2. The summed E-state index contributed by atoms with van der Waals surface area (Å²) < 4.78 is 33.8. The maximum absolute atomic E-state index is 14.5. The Hall–Kier alpha value is -2.01. The number of alkyl halides is 2. The third-order valence-corrected chi connectivity index (χ3v) is 5.61. The first-order valence-corrected chi connectivity index (χ1v) is 11.2. The fourth-order valence-electron chi connectivity index (χ4n) is 3.34. The van der Waals surface area contributed by atoms with Gasteiger partial charge < -0.3 is 52.0 Å². The van der Waals surface area contributed by atoms with Crippen LogP contribution >= 0.6 is 0 Å². The Balaban J connectivity index is 2.35. The van der Waals surface area contributed by atoms with E-state index >= 15 is 0 Å². The number of carboxylic acid groups (broad SMARTS) is 1. The molecule has 0 aromatic rings. The number of aliphatic carboxylic acids is 1. The lowest BCUT2D eigenvalue weighted by Gasteiger charge is -2.42. The molecular weight excluding hydrogens is 478 g/mol. The highest BCUT2D eigenvalue weighted by Gasteiger charge is 2.54. The zero-order chi connectivity index (χ0) is 26.9. The summed E-state index contributed by atoms with van der Waals surface area (Å²) in [6.45, 7) is 1.02. The Morgan fingerprint density at radius 1 is 1.00 bits per heavy atom. The van der Waals surface area contributed by atoms with Crippen molar-refractivity contribution >= 4 is 17.8 Å². The molecule has 0 aromatic carbocycles. The summed E-state index contributed by atoms with van der Waals surface area (Å²) in [5.41, 5.74) is 5.78. The number of carbonyl (C=O) groups is 3. The predicted octanol–water partition coefficient (Wildman–Crippen LogP) is -3.35. The van der Waals surface area contributed by atoms with E-state index in [0.717, 1.165) is 0 Å². The van der Waals surface area contributed by atoms with E-state index in [1.54, 1.807) is 0 Å². The summed E-state index contributed by atoms with van der Waals surface area (Å²) >= 11 is 0. The quantitative estimate of drug-likeness (QED) is 0.104. The first kappa shape index (κ1) is 31.0. The van der Waals surface area contributed by atoms with E-state index in [9.17, 15) is 38.5 Å². The van der Waals surface area contributed by atoms with Crippen LogP contribution in [0.15, 0.2) is 0 Å². The molecule has 10 N–H and O–H groups in total. The number of aliphatic hydroxyl groups is 4. The standard InChI is InChI=1S/C20H36F2N4O9/c1-9(17(31)26-10(2)19(33)34)25-18(32)11(23)5-3-4-6-24-8-20(21,22)16-15(30)14(29)13(28)12(7-27)35-16/h9-16,24,27-30H,3-8,23H2,1-2H3,(H,25,32)(H,26,31)(H,33,34). The molecule has 204 valence electrons. The first-order valence-electron chi connectivity index (χ1n) is 11.2. The molecule has 0 spiro atoms. The Kier molecular flexibility index (Phi) is 12.3. The molecular formula is C20H36F2N4O9. The van der Waals surface area contributed by atoms with Gasteiger partial charge in [0.2, 0.25) is 11.8 Å². The van der Waals surface area contributed by atoms with E-state index in [1.165, 1.54) is 13.8 Å². The van der Waals surface area contributed by atoms with Gasteiger partial charge in [-0.2, -0.15) is 0 Å². The van der Waals surface area contributed by atoms with E-state index in [-0.39, 0.29) is 13.0 Å². The Morgan fingerprint density at radius 3 is 2.17 bits per heavy atom. The average molecular weight is 515 g/mol. The molecule has 8 unspecified atom stereocenters. The summed E-state index contributed by atoms with van der Waals surface area (Å²) in [6, 6.07) is -3.12. The summed E-state index contributed by atoms with van der Waals surface area (Å²) in [5, 5.41) is 54.2. The van der Waals surface area contributed by atoms with Crippen molar-refractivity contribution in [2.45, 2.75) is 87.7 Å². The molecule has 0 radical (unpaired) electrons. The van der Waals surface area contributed by atoms with Gasteiger partial charge in [0.05, 0.1) is 19.2 Å². The minimum absolute atomic E-state index is 0.104. The molecule has 1 aliphatic heterocycles. The van der Waals surface area contributed by atoms with Crippen LogP contribution in [0.2, 0.25) is 0 Å². The SMILES string of the molecule is CC(NC(=O)C(C)NC(=O)C(N)CCCCNCC(F)(F)C1OC(CO)C(O)C(O)C1O)C(=O)O. The van der Waals surface area contributed by atoms with Crippen molar-refractivity contribution in [2.24, 2.45) is 5.73 Å². The van der Waals surface area contributed by atoms with Gasteiger partial charge in [0.1, 0.15) is 36.5 Å². The number of nitrogens with two attached hydrogens (primary N) is 1. The molecule has 8 atom stereocenters. The third-order valence-electron chi connectivity index (χ3n) is 5.61. The number of aliphatic hydroxyl groups excluding tert-OH is 4. The molecule has 2 amide bonds. The number of rotatable bonds is 14. The van der Waals surface area contributed by atoms with Crippen LogP contribution in [0.5, 0.6) is 0 Å². The summed E-state index contributed by atoms with van der Waals surface area (Å²) in [5.74, 6) is -6.17. The number of nitrogens with one attached hydrogen (secondary N) is 3. The molecule has 0 saturated carbocycles. The van der Waals surface area contributed by atoms with Crippen LogP contribution in [0.25, 0.3) is 0 Å². The van der Waals surface area contributed by atoms with Crippen molar-refractivity contribution in [1.82, 2.24) is 16.0 Å². The summed E-state index contributed by atoms with van der Waals surface area (Å²) in [4.78, 5) is 34.7. The van der Waals surface area contributed by atoms with Crippen LogP contribution < -0.4 is 21.7 Å². The normalized spacial score (nSPS) is 27.5. The van der Waals surface area contributed by atoms with Gasteiger partial charge in [-0.15, -0.1) is 0 Å². The smallest absolute Gasteiger partial charge is 0.325 e. The van der Waals surface area contributed by atoms with Gasteiger partial charge in [-0.1, -0.05) is 6.42 Å². The van der Waals surface area contributed by atoms with E-state index in [0.29, 0.717) is 12.8 Å². The van der Waals surface area contributed by atoms with Crippen LogP contribution in [0.3, 0.4) is 0 Å². The molecule has 35 heavy (non-hydrogen) atoms. The Morgan fingerprint density at radius 2 is 1.60 bits per heavy atom. The first-order chi connectivity index (χ1) is 16.2. The van der Waals surface area contributed by atoms with Crippen molar-refractivity contribution in [2.75, 3.05) is 19.7 Å². The topological polar surface area (TPSA) is 224 Å². The number of hydrogen-bond acceptors (Lipinski definition) is 10. The zero-order valence-electron chi connectivity index (χ0n) is 19.6. The summed E-state index contributed by atoms with van der Waals surface area (Å²) in [6.07, 6.45) is -8.34. The minimum Gasteiger partial charge on any atom is -0.480 e. The van der Waals surface area contributed by atoms with Crippen molar-refractivity contribution in [3.63, 3.8) is 0 Å². The maximum Gasteiger partial charge on any atom is 0.325 e. The molecule has 1 fully saturated rings. The van der Waals surface area contributed by atoms with Crippen LogP contribution in [-0.4, -0.2) is 118 Å². The lowest BCUT2D eigenvalue weighted by molar-refractivity contribution is -0.278. The van der Waals surface area contributed by atoms with Crippen molar-refractivity contribution < 1.29 is 53.4 Å². The monoisotopic (exact) mass is 514 g/mol. The zero-order valence-corrected chi connectivity index (χ0v) is 19.6. The molecule has 0 bridgehead atoms. The number of hydrogen-bond donors (Lipinski definition) is 9. The second-order valence-electron chi connectivity index (χ2n) is 8.59. The van der Waals surface area contributed by atoms with Crippen molar-refractivity contribution in [3.8, 4) is 0 Å². The number of ether oxygens (including phenoxy) is 1. The fraction of sp³-hybridized carbons (Fsp3) is 0.850. The lowest BCUT2D eigenvalue weighted by atomic mass is 9.92. The van der Waals surface area contributed by atoms with Crippen molar-refractivity contribution in [3.05, 3.63) is 0 Å². The summed E-state index contributed by atoms with van der Waals surface area (Å²) in [7, 11) is 0. The van der Waals surface area contributed by atoms with Crippen LogP contribution in [0, 0.1) is 0 Å². The molecule has 0 aliphatic carbocycles.